The van der Waals surface area contributed by atoms with Gasteiger partial charge >= 0.3 is 0 Å². The van der Waals surface area contributed by atoms with Crippen LogP contribution in [-0.2, 0) is 0 Å². The SMILES string of the molecule is C1=CC(c2ccc(N(c3ccc(-c4ccccc4)cc3)c3ccc(-c4ccc(-c5ccccc5)c5oc6c7ccccc7c(-c7ccccc7)cc6c45)cc3)cc2)=CCC1. The first-order valence-electron chi connectivity index (χ1n) is 20.8. The molecular weight excluding hydrogens is 727 g/mol. The van der Waals surface area contributed by atoms with Crippen molar-refractivity contribution in [2.75, 3.05) is 4.90 Å². The van der Waals surface area contributed by atoms with E-state index in [1.165, 1.54) is 38.8 Å². The van der Waals surface area contributed by atoms with Gasteiger partial charge in [-0.15, -0.1) is 0 Å². The predicted octanol–water partition coefficient (Wildman–Crippen LogP) is 16.6. The Kier molecular flexibility index (Phi) is 9.02. The van der Waals surface area contributed by atoms with Gasteiger partial charge in [0.15, 0.2) is 0 Å². The summed E-state index contributed by atoms with van der Waals surface area (Å²) in [5.74, 6) is 0. The summed E-state index contributed by atoms with van der Waals surface area (Å²) in [7, 11) is 0. The van der Waals surface area contributed by atoms with Gasteiger partial charge in [-0.2, -0.15) is 0 Å². The van der Waals surface area contributed by atoms with Crippen molar-refractivity contribution >= 4 is 55.3 Å². The Labute approximate surface area is 350 Å². The van der Waals surface area contributed by atoms with Crippen LogP contribution in [0.3, 0.4) is 0 Å². The summed E-state index contributed by atoms with van der Waals surface area (Å²) >= 11 is 0. The highest BCUT2D eigenvalue weighted by Crippen LogP contribution is 2.47. The molecule has 0 saturated carbocycles. The molecule has 2 heteroatoms. The van der Waals surface area contributed by atoms with Crippen LogP contribution in [-0.4, -0.2) is 0 Å². The van der Waals surface area contributed by atoms with Crippen LogP contribution >= 0.6 is 0 Å². The first kappa shape index (κ1) is 35.5. The Morgan fingerprint density at radius 3 is 1.43 bits per heavy atom. The zero-order valence-electron chi connectivity index (χ0n) is 33.1. The van der Waals surface area contributed by atoms with E-state index in [4.69, 9.17) is 4.42 Å². The molecule has 0 saturated heterocycles. The summed E-state index contributed by atoms with van der Waals surface area (Å²) < 4.78 is 7.06. The molecule has 0 amide bonds. The highest BCUT2D eigenvalue weighted by atomic mass is 16.3. The molecule has 10 aromatic rings. The molecule has 11 rings (SSSR count). The van der Waals surface area contributed by atoms with Crippen molar-refractivity contribution < 1.29 is 4.42 Å². The number of benzene rings is 9. The fourth-order valence-electron chi connectivity index (χ4n) is 8.95. The van der Waals surface area contributed by atoms with Crippen molar-refractivity contribution in [3.05, 3.63) is 230 Å². The summed E-state index contributed by atoms with van der Waals surface area (Å²) in [6.07, 6.45) is 9.04. The molecule has 0 fully saturated rings. The number of nitrogens with zero attached hydrogens (tertiary/aromatic N) is 1. The quantitative estimate of drug-likeness (QED) is 0.153. The second kappa shape index (κ2) is 15.2. The van der Waals surface area contributed by atoms with Crippen molar-refractivity contribution in [3.8, 4) is 44.5 Å². The van der Waals surface area contributed by atoms with E-state index in [9.17, 15) is 0 Å². The lowest BCUT2D eigenvalue weighted by Crippen LogP contribution is -2.10. The highest BCUT2D eigenvalue weighted by molar-refractivity contribution is 6.24. The Hall–Kier alpha value is -7.68. The maximum atomic E-state index is 7.06. The molecule has 0 spiro atoms. The van der Waals surface area contributed by atoms with E-state index >= 15 is 0 Å². The van der Waals surface area contributed by atoms with Gasteiger partial charge in [0.25, 0.3) is 0 Å². The minimum absolute atomic E-state index is 0.899. The van der Waals surface area contributed by atoms with Gasteiger partial charge in [-0.05, 0) is 117 Å². The lowest BCUT2D eigenvalue weighted by Gasteiger charge is -2.26. The third kappa shape index (κ3) is 6.40. The average molecular weight is 768 g/mol. The van der Waals surface area contributed by atoms with Gasteiger partial charge in [-0.3, -0.25) is 0 Å². The van der Waals surface area contributed by atoms with Gasteiger partial charge in [-0.1, -0.05) is 176 Å². The van der Waals surface area contributed by atoms with Crippen LogP contribution < -0.4 is 4.90 Å². The van der Waals surface area contributed by atoms with E-state index in [-0.39, 0.29) is 0 Å². The first-order valence-corrected chi connectivity index (χ1v) is 20.8. The van der Waals surface area contributed by atoms with Crippen LogP contribution in [0.4, 0.5) is 17.1 Å². The second-order valence-corrected chi connectivity index (χ2v) is 15.5. The first-order chi connectivity index (χ1) is 29.8. The Balaban J connectivity index is 1.07. The third-order valence-electron chi connectivity index (χ3n) is 11.9. The van der Waals surface area contributed by atoms with E-state index in [1.807, 2.05) is 0 Å². The molecule has 9 aromatic carbocycles. The zero-order chi connectivity index (χ0) is 39.8. The monoisotopic (exact) mass is 767 g/mol. The van der Waals surface area contributed by atoms with Gasteiger partial charge in [0.2, 0.25) is 0 Å². The van der Waals surface area contributed by atoms with Crippen LogP contribution in [0.15, 0.2) is 229 Å². The average Bonchev–Trinajstić information content (AvgIpc) is 3.73. The molecule has 1 aliphatic carbocycles. The molecule has 1 aliphatic rings. The summed E-state index contributed by atoms with van der Waals surface area (Å²) in [6, 6.07) is 74.3. The lowest BCUT2D eigenvalue weighted by atomic mass is 9.91. The van der Waals surface area contributed by atoms with Crippen LogP contribution in [0.1, 0.15) is 18.4 Å². The molecule has 0 bridgehead atoms. The number of fused-ring (bicyclic) bond motifs is 5. The third-order valence-corrected chi connectivity index (χ3v) is 11.9. The number of allylic oxidation sites excluding steroid dienone is 4. The second-order valence-electron chi connectivity index (χ2n) is 15.5. The molecule has 284 valence electrons. The molecular formula is C58H41NO. The van der Waals surface area contributed by atoms with E-state index in [1.54, 1.807) is 0 Å². The molecule has 1 aromatic heterocycles. The number of rotatable bonds is 8. The fourth-order valence-corrected chi connectivity index (χ4v) is 8.95. The van der Waals surface area contributed by atoms with Crippen LogP contribution in [0.2, 0.25) is 0 Å². The molecule has 0 unspecified atom stereocenters. The summed E-state index contributed by atoms with van der Waals surface area (Å²) in [4.78, 5) is 2.35. The topological polar surface area (TPSA) is 16.4 Å². The van der Waals surface area contributed by atoms with Crippen molar-refractivity contribution in [1.82, 2.24) is 0 Å². The molecule has 1 heterocycles. The van der Waals surface area contributed by atoms with Gasteiger partial charge in [0, 0.05) is 38.8 Å². The summed E-state index contributed by atoms with van der Waals surface area (Å²) in [5.41, 5.74) is 16.9. The largest absolute Gasteiger partial charge is 0.455 e. The van der Waals surface area contributed by atoms with Gasteiger partial charge in [0.05, 0.1) is 0 Å². The predicted molar refractivity (Wildman–Crippen MR) is 254 cm³/mol. The number of anilines is 3. The Morgan fingerprint density at radius 1 is 0.350 bits per heavy atom. The number of hydrogen-bond acceptors (Lipinski definition) is 2. The summed E-state index contributed by atoms with van der Waals surface area (Å²) in [5, 5.41) is 4.53. The maximum Gasteiger partial charge on any atom is 0.143 e. The standard InChI is InChI=1S/C58H41NO/c1-5-15-40(16-6-1)42-25-31-47(32-26-42)59(48-33-27-43(28-34-48)41-17-7-2-8-18-41)49-35-29-46(30-36-49)50-37-38-51(44-19-9-3-10-20-44)58-56(50)55-39-54(45-21-11-4-12-22-45)52-23-13-14-24-53(52)57(55)60-58/h1,3-7,9-39H,2,8H2. The van der Waals surface area contributed by atoms with Crippen molar-refractivity contribution in [2.24, 2.45) is 0 Å². The minimum atomic E-state index is 0.899. The molecule has 2 nitrogen and oxygen atoms in total. The Morgan fingerprint density at radius 2 is 0.833 bits per heavy atom. The van der Waals surface area contributed by atoms with E-state index < -0.39 is 0 Å². The van der Waals surface area contributed by atoms with Crippen LogP contribution in [0, 0.1) is 0 Å². The van der Waals surface area contributed by atoms with Gasteiger partial charge in [0.1, 0.15) is 11.2 Å². The van der Waals surface area contributed by atoms with E-state index in [0.717, 1.165) is 79.5 Å². The minimum Gasteiger partial charge on any atom is -0.455 e. The summed E-state index contributed by atoms with van der Waals surface area (Å²) in [6.45, 7) is 0. The molecule has 0 radical (unpaired) electrons. The normalized spacial score (nSPS) is 12.6. The molecule has 0 N–H and O–H groups in total. The lowest BCUT2D eigenvalue weighted by molar-refractivity contribution is 0.674. The highest BCUT2D eigenvalue weighted by Gasteiger charge is 2.21. The van der Waals surface area contributed by atoms with Crippen LogP contribution in [0.25, 0.3) is 82.8 Å². The maximum absolute atomic E-state index is 7.06. The van der Waals surface area contributed by atoms with Crippen molar-refractivity contribution in [1.29, 1.82) is 0 Å². The molecule has 60 heavy (non-hydrogen) atoms. The van der Waals surface area contributed by atoms with Crippen molar-refractivity contribution in [2.45, 2.75) is 12.8 Å². The van der Waals surface area contributed by atoms with E-state index in [2.05, 4.69) is 229 Å². The van der Waals surface area contributed by atoms with Crippen LogP contribution in [0.5, 0.6) is 0 Å². The van der Waals surface area contributed by atoms with Gasteiger partial charge < -0.3 is 9.32 Å². The molecule has 0 atom stereocenters. The number of hydrogen-bond donors (Lipinski definition) is 0. The number of furan rings is 1. The Bertz CT molecular complexity index is 3190. The van der Waals surface area contributed by atoms with Gasteiger partial charge in [-0.25, -0.2) is 0 Å². The molecule has 0 aliphatic heterocycles. The van der Waals surface area contributed by atoms with E-state index in [0.29, 0.717) is 0 Å². The fraction of sp³-hybridized carbons (Fsp3) is 0.0345. The smallest absolute Gasteiger partial charge is 0.143 e. The zero-order valence-corrected chi connectivity index (χ0v) is 33.1. The van der Waals surface area contributed by atoms with Crippen molar-refractivity contribution in [3.63, 3.8) is 0 Å².